The summed E-state index contributed by atoms with van der Waals surface area (Å²) in [7, 11) is 0. The number of aromatic hydroxyl groups is 1. The third kappa shape index (κ3) is 5.84. The van der Waals surface area contributed by atoms with E-state index < -0.39 is 15.3 Å². The second kappa shape index (κ2) is 11.2. The average Bonchev–Trinajstić information content (AvgIpc) is 2.98. The molecule has 5 aromatic carbocycles. The van der Waals surface area contributed by atoms with Gasteiger partial charge in [0.1, 0.15) is 28.7 Å². The average molecular weight is 549 g/mol. The fourth-order valence-electron chi connectivity index (χ4n) is 4.55. The van der Waals surface area contributed by atoms with Crippen LogP contribution < -0.4 is 9.47 Å². The van der Waals surface area contributed by atoms with E-state index in [1.54, 1.807) is 36.4 Å². The Bertz CT molecular complexity index is 1560. The lowest BCUT2D eigenvalue weighted by Crippen LogP contribution is -2.25. The van der Waals surface area contributed by atoms with Crippen molar-refractivity contribution in [3.05, 3.63) is 158 Å². The van der Waals surface area contributed by atoms with E-state index in [1.165, 1.54) is 24.3 Å². The molecule has 0 bridgehead atoms. The summed E-state index contributed by atoms with van der Waals surface area (Å²) < 4.78 is 11.8. The summed E-state index contributed by atoms with van der Waals surface area (Å²) in [5, 5.41) is 31.7. The minimum atomic E-state index is -0.620. The van der Waals surface area contributed by atoms with Gasteiger partial charge in [0.25, 0.3) is 11.4 Å². The Morgan fingerprint density at radius 1 is 0.512 bits per heavy atom. The van der Waals surface area contributed by atoms with Crippen LogP contribution in [-0.2, 0) is 5.41 Å². The van der Waals surface area contributed by atoms with Gasteiger partial charge in [-0.25, -0.2) is 0 Å². The van der Waals surface area contributed by atoms with Crippen molar-refractivity contribution in [1.29, 1.82) is 0 Å². The topological polar surface area (TPSA) is 125 Å². The predicted molar refractivity (Wildman–Crippen MR) is 153 cm³/mol. The van der Waals surface area contributed by atoms with Gasteiger partial charge in [-0.1, -0.05) is 36.4 Å². The fourth-order valence-corrected chi connectivity index (χ4v) is 4.55. The molecule has 0 heterocycles. The molecule has 0 atom stereocenters. The number of benzene rings is 5. The summed E-state index contributed by atoms with van der Waals surface area (Å²) in [5.74, 6) is 2.27. The number of nitro benzene ring substituents is 2. The lowest BCUT2D eigenvalue weighted by Gasteiger charge is -2.32. The predicted octanol–water partition coefficient (Wildman–Crippen LogP) is 8.15. The minimum Gasteiger partial charge on any atom is -0.508 e. The van der Waals surface area contributed by atoms with Crippen LogP contribution in [0.1, 0.15) is 23.6 Å². The fraction of sp³-hybridized carbons (Fsp3) is 0.0625. The Morgan fingerprint density at radius 3 is 1.07 bits per heavy atom. The Balaban J connectivity index is 1.42. The van der Waals surface area contributed by atoms with Crippen LogP contribution in [0.25, 0.3) is 0 Å². The van der Waals surface area contributed by atoms with Crippen LogP contribution in [0, 0.1) is 20.2 Å². The van der Waals surface area contributed by atoms with E-state index >= 15 is 0 Å². The third-order valence-electron chi connectivity index (χ3n) is 6.87. The molecule has 0 spiro atoms. The highest BCUT2D eigenvalue weighted by molar-refractivity contribution is 5.52. The Kier molecular flexibility index (Phi) is 7.34. The molecular formula is C32H24N2O7. The second-order valence-electron chi connectivity index (χ2n) is 9.43. The molecular weight excluding hydrogens is 524 g/mol. The molecule has 204 valence electrons. The van der Waals surface area contributed by atoms with Crippen LogP contribution in [0.4, 0.5) is 11.4 Å². The van der Waals surface area contributed by atoms with Gasteiger partial charge in [0, 0.05) is 29.7 Å². The van der Waals surface area contributed by atoms with E-state index in [0.29, 0.717) is 23.0 Å². The van der Waals surface area contributed by atoms with E-state index in [4.69, 9.17) is 9.47 Å². The summed E-state index contributed by atoms with van der Waals surface area (Å²) in [6, 6.07) is 33.9. The van der Waals surface area contributed by atoms with Crippen molar-refractivity contribution >= 4 is 11.4 Å². The first-order valence-corrected chi connectivity index (χ1v) is 12.6. The molecule has 0 fully saturated rings. The summed E-state index contributed by atoms with van der Waals surface area (Å²) in [6.45, 7) is 2.08. The number of nitrogens with zero attached hydrogens (tertiary/aromatic N) is 2. The van der Waals surface area contributed by atoms with Crippen LogP contribution in [0.3, 0.4) is 0 Å². The van der Waals surface area contributed by atoms with Crippen molar-refractivity contribution in [1.82, 2.24) is 0 Å². The van der Waals surface area contributed by atoms with Crippen molar-refractivity contribution < 1.29 is 24.4 Å². The van der Waals surface area contributed by atoms with Crippen LogP contribution in [0.2, 0.25) is 0 Å². The van der Waals surface area contributed by atoms with Crippen molar-refractivity contribution in [3.63, 3.8) is 0 Å². The number of non-ortho nitro benzene ring substituents is 2. The minimum absolute atomic E-state index is 0.0125. The number of phenolic OH excluding ortho intramolecular Hbond substituents is 1. The Hall–Kier alpha value is -5.70. The van der Waals surface area contributed by atoms with Crippen molar-refractivity contribution in [2.45, 2.75) is 12.3 Å². The van der Waals surface area contributed by atoms with E-state index in [1.807, 2.05) is 60.7 Å². The highest BCUT2D eigenvalue weighted by atomic mass is 16.6. The van der Waals surface area contributed by atoms with Crippen molar-refractivity contribution in [2.24, 2.45) is 0 Å². The molecule has 9 nitrogen and oxygen atoms in total. The first-order chi connectivity index (χ1) is 19.7. The van der Waals surface area contributed by atoms with Crippen molar-refractivity contribution in [3.8, 4) is 28.7 Å². The van der Waals surface area contributed by atoms with Gasteiger partial charge in [0.05, 0.1) is 9.85 Å². The summed E-state index contributed by atoms with van der Waals surface area (Å²) in [4.78, 5) is 20.9. The monoisotopic (exact) mass is 548 g/mol. The normalized spacial score (nSPS) is 11.0. The largest absolute Gasteiger partial charge is 0.508 e. The zero-order valence-electron chi connectivity index (χ0n) is 21.8. The molecule has 0 aliphatic heterocycles. The molecule has 5 rings (SSSR count). The van der Waals surface area contributed by atoms with Gasteiger partial charge in [-0.15, -0.1) is 0 Å². The molecule has 1 N–H and O–H groups in total. The Morgan fingerprint density at radius 2 is 0.780 bits per heavy atom. The third-order valence-corrected chi connectivity index (χ3v) is 6.87. The smallest absolute Gasteiger partial charge is 0.269 e. The molecule has 0 aliphatic carbocycles. The number of rotatable bonds is 9. The molecule has 41 heavy (non-hydrogen) atoms. The maximum absolute atomic E-state index is 10.9. The number of hydrogen-bond donors (Lipinski definition) is 1. The number of nitro groups is 2. The van der Waals surface area contributed by atoms with E-state index in [0.717, 1.165) is 16.7 Å². The number of hydrogen-bond acceptors (Lipinski definition) is 7. The molecule has 0 amide bonds. The highest BCUT2D eigenvalue weighted by Crippen LogP contribution is 2.41. The van der Waals surface area contributed by atoms with Crippen LogP contribution in [-0.4, -0.2) is 15.0 Å². The molecule has 0 aromatic heterocycles. The molecule has 0 unspecified atom stereocenters. The maximum Gasteiger partial charge on any atom is 0.269 e. The lowest BCUT2D eigenvalue weighted by atomic mass is 9.71. The first-order valence-electron chi connectivity index (χ1n) is 12.6. The number of ether oxygens (including phenoxy) is 2. The highest BCUT2D eigenvalue weighted by Gasteiger charge is 2.31. The van der Waals surface area contributed by atoms with Gasteiger partial charge in [-0.2, -0.15) is 0 Å². The molecule has 9 heteroatoms. The van der Waals surface area contributed by atoms with Crippen molar-refractivity contribution in [2.75, 3.05) is 0 Å². The zero-order valence-corrected chi connectivity index (χ0v) is 21.8. The van der Waals surface area contributed by atoms with Crippen LogP contribution >= 0.6 is 0 Å². The SMILES string of the molecule is CC(c1ccc(O)cc1)(c1ccc(Oc2ccc([N+](=O)[O-])cc2)cc1)c1ccc(Oc2ccc([N+](=O)[O-])cc2)cc1. The second-order valence-corrected chi connectivity index (χ2v) is 9.43. The van der Waals surface area contributed by atoms with Gasteiger partial charge in [-0.3, -0.25) is 20.2 Å². The summed E-state index contributed by atoms with van der Waals surface area (Å²) in [5.41, 5.74) is 2.23. The van der Waals surface area contributed by atoms with Gasteiger partial charge >= 0.3 is 0 Å². The molecule has 5 aromatic rings. The van der Waals surface area contributed by atoms with E-state index in [-0.39, 0.29) is 17.1 Å². The quantitative estimate of drug-likeness (QED) is 0.112. The molecule has 0 saturated heterocycles. The van der Waals surface area contributed by atoms with Crippen LogP contribution in [0.5, 0.6) is 28.7 Å². The molecule has 0 saturated carbocycles. The Labute approximate surface area is 235 Å². The molecule has 0 aliphatic rings. The molecule has 0 radical (unpaired) electrons. The zero-order chi connectivity index (χ0) is 29.0. The first kappa shape index (κ1) is 26.9. The van der Waals surface area contributed by atoms with Crippen LogP contribution in [0.15, 0.2) is 121 Å². The van der Waals surface area contributed by atoms with Gasteiger partial charge in [0.15, 0.2) is 0 Å². The number of phenols is 1. The summed E-state index contributed by atoms with van der Waals surface area (Å²) >= 11 is 0. The van der Waals surface area contributed by atoms with Gasteiger partial charge in [-0.05, 0) is 84.3 Å². The van der Waals surface area contributed by atoms with E-state index in [9.17, 15) is 25.3 Å². The standard InChI is InChI=1S/C32H24N2O7/c1-32(22-2-12-27(35)13-3-22,23-4-14-28(15-5-23)40-30-18-8-25(9-19-30)33(36)37)24-6-16-29(17-7-24)41-31-20-10-26(11-21-31)34(38)39/h2-21,35H,1H3. The van der Waals surface area contributed by atoms with Gasteiger partial charge < -0.3 is 14.6 Å². The van der Waals surface area contributed by atoms with E-state index in [2.05, 4.69) is 6.92 Å². The lowest BCUT2D eigenvalue weighted by molar-refractivity contribution is -0.385. The van der Waals surface area contributed by atoms with Gasteiger partial charge in [0.2, 0.25) is 0 Å². The maximum atomic E-state index is 10.9. The summed E-state index contributed by atoms with van der Waals surface area (Å²) in [6.07, 6.45) is 0.